The van der Waals surface area contributed by atoms with Crippen molar-refractivity contribution in [2.75, 3.05) is 0 Å². The molecule has 0 radical (unpaired) electrons. The van der Waals surface area contributed by atoms with Crippen LogP contribution in [-0.2, 0) is 0 Å². The Morgan fingerprint density at radius 3 is 2.18 bits per heavy atom. The summed E-state index contributed by atoms with van der Waals surface area (Å²) in [6, 6.07) is 7.47. The van der Waals surface area contributed by atoms with Crippen molar-refractivity contribution >= 4 is 28.6 Å². The van der Waals surface area contributed by atoms with Crippen LogP contribution in [-0.4, -0.2) is 0 Å². The van der Waals surface area contributed by atoms with Crippen molar-refractivity contribution in [2.24, 2.45) is 0 Å². The average Bonchev–Trinajstić information content (AvgIpc) is 1.95. The van der Waals surface area contributed by atoms with Gasteiger partial charge in [-0.1, -0.05) is 17.5 Å². The quantitative estimate of drug-likeness (QED) is 0.601. The van der Waals surface area contributed by atoms with Gasteiger partial charge in [0.05, 0.1) is 0 Å². The molecule has 0 bridgehead atoms. The summed E-state index contributed by atoms with van der Waals surface area (Å²) in [6.45, 7) is 1.81. The van der Waals surface area contributed by atoms with E-state index < -0.39 is 0 Å². The van der Waals surface area contributed by atoms with Crippen LogP contribution < -0.4 is 0 Å². The minimum Gasteiger partial charge on any atom is -0.114 e. The lowest BCUT2D eigenvalue weighted by Gasteiger charge is -1.88. The van der Waals surface area contributed by atoms with Crippen molar-refractivity contribution in [1.29, 1.82) is 0 Å². The molecule has 0 saturated heterocycles. The molecule has 0 N–H and O–H groups in total. The van der Waals surface area contributed by atoms with Crippen molar-refractivity contribution in [3.05, 3.63) is 34.9 Å². The molecule has 0 aliphatic rings. The van der Waals surface area contributed by atoms with Gasteiger partial charge in [-0.25, -0.2) is 0 Å². The molecule has 0 aliphatic carbocycles. The third kappa shape index (κ3) is 3.46. The van der Waals surface area contributed by atoms with Gasteiger partial charge < -0.3 is 0 Å². The lowest BCUT2D eigenvalue weighted by Crippen LogP contribution is -1.70. The van der Waals surface area contributed by atoms with Crippen molar-refractivity contribution in [3.8, 4) is 11.8 Å². The maximum absolute atomic E-state index is 5.66. The molecule has 1 aromatic rings. The van der Waals surface area contributed by atoms with E-state index in [1.807, 2.05) is 31.2 Å². The highest BCUT2D eigenvalue weighted by molar-refractivity contribution is 8.93. The first-order valence-corrected chi connectivity index (χ1v) is 3.39. The van der Waals surface area contributed by atoms with E-state index in [2.05, 4.69) is 11.8 Å². The topological polar surface area (TPSA) is 0 Å². The molecule has 0 aliphatic heterocycles. The molecule has 1 rings (SSSR count). The van der Waals surface area contributed by atoms with Gasteiger partial charge in [0, 0.05) is 10.6 Å². The second-order valence-corrected chi connectivity index (χ2v) is 2.32. The van der Waals surface area contributed by atoms with E-state index in [9.17, 15) is 0 Å². The van der Waals surface area contributed by atoms with Crippen molar-refractivity contribution in [3.63, 3.8) is 0 Å². The van der Waals surface area contributed by atoms with Crippen LogP contribution in [0, 0.1) is 11.8 Å². The molecule has 0 nitrogen and oxygen atoms in total. The number of halogens is 2. The summed E-state index contributed by atoms with van der Waals surface area (Å²) >= 11 is 5.66. The largest absolute Gasteiger partial charge is 0.114 e. The maximum Gasteiger partial charge on any atom is 0.0406 e. The summed E-state index contributed by atoms with van der Waals surface area (Å²) in [5.41, 5.74) is 1.01. The minimum absolute atomic E-state index is 0. The summed E-state index contributed by atoms with van der Waals surface area (Å²) in [5.74, 6) is 5.74. The van der Waals surface area contributed by atoms with Gasteiger partial charge in [0.1, 0.15) is 0 Å². The number of rotatable bonds is 0. The summed E-state index contributed by atoms with van der Waals surface area (Å²) in [7, 11) is 0. The van der Waals surface area contributed by atoms with E-state index in [1.165, 1.54) is 0 Å². The lowest BCUT2D eigenvalue weighted by molar-refractivity contribution is 1.64. The number of hydrogen-bond acceptors (Lipinski definition) is 0. The van der Waals surface area contributed by atoms with Crippen molar-refractivity contribution < 1.29 is 0 Å². The molecule has 0 spiro atoms. The zero-order valence-electron chi connectivity index (χ0n) is 6.10. The highest BCUT2D eigenvalue weighted by Gasteiger charge is 1.85. The molecule has 0 atom stereocenters. The Bertz CT molecular complexity index is 266. The van der Waals surface area contributed by atoms with Gasteiger partial charge >= 0.3 is 0 Å². The van der Waals surface area contributed by atoms with E-state index in [1.54, 1.807) is 0 Å². The lowest BCUT2D eigenvalue weighted by atomic mass is 10.2. The summed E-state index contributed by atoms with van der Waals surface area (Å²) < 4.78 is 0. The van der Waals surface area contributed by atoms with Gasteiger partial charge in [-0.3, -0.25) is 0 Å². The Morgan fingerprint density at radius 2 is 1.73 bits per heavy atom. The Kier molecular flexibility index (Phi) is 5.02. The van der Waals surface area contributed by atoms with E-state index >= 15 is 0 Å². The third-order valence-electron chi connectivity index (χ3n) is 1.11. The normalized spacial score (nSPS) is 7.45. The fourth-order valence-corrected chi connectivity index (χ4v) is 0.804. The first-order valence-electron chi connectivity index (χ1n) is 3.01. The fourth-order valence-electron chi connectivity index (χ4n) is 0.678. The predicted octanol–water partition coefficient (Wildman–Crippen LogP) is 3.29. The zero-order chi connectivity index (χ0) is 7.40. The third-order valence-corrected chi connectivity index (χ3v) is 1.37. The molecule has 0 unspecified atom stereocenters. The van der Waals surface area contributed by atoms with Crippen LogP contribution in [0.1, 0.15) is 12.5 Å². The second kappa shape index (κ2) is 5.23. The minimum atomic E-state index is 0. The molecular formula is C9H8BrCl. The first-order chi connectivity index (χ1) is 4.83. The van der Waals surface area contributed by atoms with Crippen LogP contribution in [0.15, 0.2) is 24.3 Å². The molecule has 0 heterocycles. The van der Waals surface area contributed by atoms with Crippen LogP contribution in [0.2, 0.25) is 5.02 Å². The van der Waals surface area contributed by atoms with E-state index in [4.69, 9.17) is 11.6 Å². The van der Waals surface area contributed by atoms with E-state index in [0.717, 1.165) is 10.6 Å². The SMILES string of the molecule is Br.CC#Cc1ccc(Cl)cc1. The molecule has 0 amide bonds. The second-order valence-electron chi connectivity index (χ2n) is 1.88. The average molecular weight is 232 g/mol. The molecular weight excluding hydrogens is 223 g/mol. The zero-order valence-corrected chi connectivity index (χ0v) is 8.56. The Labute approximate surface area is 82.3 Å². The van der Waals surface area contributed by atoms with Crippen LogP contribution in [0.5, 0.6) is 0 Å². The Balaban J connectivity index is 0.000001000. The van der Waals surface area contributed by atoms with E-state index in [0.29, 0.717) is 0 Å². The van der Waals surface area contributed by atoms with Crippen LogP contribution >= 0.6 is 28.6 Å². The van der Waals surface area contributed by atoms with E-state index in [-0.39, 0.29) is 17.0 Å². The molecule has 58 valence electrons. The summed E-state index contributed by atoms with van der Waals surface area (Å²) in [5, 5.41) is 0.752. The molecule has 0 fully saturated rings. The first kappa shape index (κ1) is 10.6. The van der Waals surface area contributed by atoms with Gasteiger partial charge in [0.25, 0.3) is 0 Å². The van der Waals surface area contributed by atoms with Gasteiger partial charge in [-0.05, 0) is 31.2 Å². The summed E-state index contributed by atoms with van der Waals surface area (Å²) in [6.07, 6.45) is 0. The van der Waals surface area contributed by atoms with Crippen molar-refractivity contribution in [2.45, 2.75) is 6.92 Å². The molecule has 2 heteroatoms. The van der Waals surface area contributed by atoms with Gasteiger partial charge in [-0.15, -0.1) is 22.9 Å². The summed E-state index contributed by atoms with van der Waals surface area (Å²) in [4.78, 5) is 0. The van der Waals surface area contributed by atoms with Crippen LogP contribution in [0.3, 0.4) is 0 Å². The smallest absolute Gasteiger partial charge is 0.0406 e. The highest BCUT2D eigenvalue weighted by atomic mass is 79.9. The maximum atomic E-state index is 5.66. The van der Waals surface area contributed by atoms with Crippen molar-refractivity contribution in [1.82, 2.24) is 0 Å². The molecule has 0 aromatic heterocycles. The highest BCUT2D eigenvalue weighted by Crippen LogP contribution is 2.07. The standard InChI is InChI=1S/C9H7Cl.BrH/c1-2-3-8-4-6-9(10)7-5-8;/h4-7H,1H3;1H. The van der Waals surface area contributed by atoms with Crippen LogP contribution in [0.25, 0.3) is 0 Å². The van der Waals surface area contributed by atoms with Gasteiger partial charge in [0.15, 0.2) is 0 Å². The molecule has 11 heavy (non-hydrogen) atoms. The number of hydrogen-bond donors (Lipinski definition) is 0. The fraction of sp³-hybridized carbons (Fsp3) is 0.111. The molecule has 0 saturated carbocycles. The monoisotopic (exact) mass is 230 g/mol. The van der Waals surface area contributed by atoms with Gasteiger partial charge in [-0.2, -0.15) is 0 Å². The molecule has 1 aromatic carbocycles. The predicted molar refractivity (Wildman–Crippen MR) is 54.3 cm³/mol. The van der Waals surface area contributed by atoms with Gasteiger partial charge in [0.2, 0.25) is 0 Å². The Hall–Kier alpha value is -0.450. The van der Waals surface area contributed by atoms with Crippen LogP contribution in [0.4, 0.5) is 0 Å². The number of benzene rings is 1. The Morgan fingerprint density at radius 1 is 1.18 bits per heavy atom.